The zero-order chi connectivity index (χ0) is 42.0. The lowest BCUT2D eigenvalue weighted by molar-refractivity contribution is -0.432. The second-order valence-electron chi connectivity index (χ2n) is 10.2. The number of carbonyl (C=O) groups is 1. The van der Waals surface area contributed by atoms with E-state index in [0.717, 1.165) is 30.3 Å². The van der Waals surface area contributed by atoms with E-state index in [1.54, 1.807) is 0 Å². The third kappa shape index (κ3) is 12.6. The minimum atomic E-state index is -5.10. The van der Waals surface area contributed by atoms with Gasteiger partial charge in [0, 0.05) is 12.0 Å². The van der Waals surface area contributed by atoms with Crippen LogP contribution in [-0.4, -0.2) is 81.2 Å². The van der Waals surface area contributed by atoms with Gasteiger partial charge in [-0.1, -0.05) is 10.1 Å². The molecular formula is C27H25N5O19S6. The number of carbonyl (C=O) groups excluding carboxylic acids is 1. The van der Waals surface area contributed by atoms with Crippen molar-refractivity contribution in [2.45, 2.75) is 19.6 Å². The van der Waals surface area contributed by atoms with E-state index in [-0.39, 0.29) is 49.1 Å². The Morgan fingerprint density at radius 1 is 0.842 bits per heavy atom. The van der Waals surface area contributed by atoms with E-state index < -0.39 is 70.7 Å². The van der Waals surface area contributed by atoms with E-state index in [0.29, 0.717) is 41.0 Å². The third-order valence-corrected chi connectivity index (χ3v) is 11.6. The summed E-state index contributed by atoms with van der Waals surface area (Å²) in [7, 11) is -12.8. The highest BCUT2D eigenvalue weighted by Crippen LogP contribution is 2.50. The number of nitrogens with zero attached hydrogens (tertiary/aromatic N) is 4. The number of azo groups is 2. The number of methoxy groups -OCH3 is 1. The van der Waals surface area contributed by atoms with Crippen LogP contribution in [0.1, 0.15) is 0 Å². The first-order chi connectivity index (χ1) is 26.9. The minimum Gasteiger partial charge on any atom is -0.505 e. The fourth-order valence-corrected chi connectivity index (χ4v) is 7.83. The van der Waals surface area contributed by atoms with Gasteiger partial charge in [-0.15, -0.1) is 24.0 Å². The van der Waals surface area contributed by atoms with Gasteiger partial charge in [0.2, 0.25) is 0 Å². The molecule has 0 aliphatic heterocycles. The number of anilines is 1. The van der Waals surface area contributed by atoms with Gasteiger partial charge in [0.25, 0.3) is 10.1 Å². The van der Waals surface area contributed by atoms with Crippen LogP contribution in [0.2, 0.25) is 0 Å². The van der Waals surface area contributed by atoms with Gasteiger partial charge in [0.05, 0.1) is 75.0 Å². The smallest absolute Gasteiger partial charge is 0.397 e. The van der Waals surface area contributed by atoms with Crippen LogP contribution < -0.4 is 10.5 Å². The molecular weight excluding hydrogens is 891 g/mol. The summed E-state index contributed by atoms with van der Waals surface area (Å²) < 4.78 is 113. The highest BCUT2D eigenvalue weighted by Gasteiger charge is 2.26. The van der Waals surface area contributed by atoms with Gasteiger partial charge < -0.3 is 19.8 Å². The average molecular weight is 916 g/mol. The molecule has 0 unspecified atom stereocenters. The van der Waals surface area contributed by atoms with Crippen LogP contribution in [0.4, 0.5) is 28.4 Å². The summed E-state index contributed by atoms with van der Waals surface area (Å²) in [6.45, 7) is -0.872. The van der Waals surface area contributed by atoms with Crippen LogP contribution in [0.15, 0.2) is 94.6 Å². The van der Waals surface area contributed by atoms with E-state index in [1.165, 1.54) is 31.4 Å². The molecule has 0 spiro atoms. The largest absolute Gasteiger partial charge is 0.505 e. The van der Waals surface area contributed by atoms with Gasteiger partial charge >= 0.3 is 16.4 Å². The molecule has 57 heavy (non-hydrogen) atoms. The lowest BCUT2D eigenvalue weighted by Gasteiger charge is -2.14. The quantitative estimate of drug-likeness (QED) is 0.0115. The van der Waals surface area contributed by atoms with Crippen molar-refractivity contribution in [1.29, 1.82) is 0 Å². The van der Waals surface area contributed by atoms with E-state index in [9.17, 15) is 39.7 Å². The summed E-state index contributed by atoms with van der Waals surface area (Å²) in [6.07, 6.45) is 0. The van der Waals surface area contributed by atoms with Gasteiger partial charge in [-0.2, -0.15) is 21.9 Å². The monoisotopic (exact) mass is 915 g/mol. The lowest BCUT2D eigenvalue weighted by atomic mass is 10.1. The van der Waals surface area contributed by atoms with Crippen LogP contribution in [0.25, 0.3) is 10.8 Å². The summed E-state index contributed by atoms with van der Waals surface area (Å²) in [4.78, 5) is 10.9. The van der Waals surface area contributed by atoms with Gasteiger partial charge in [-0.25, -0.2) is 23.1 Å². The van der Waals surface area contributed by atoms with Crippen molar-refractivity contribution in [2.75, 3.05) is 31.0 Å². The van der Waals surface area contributed by atoms with Gasteiger partial charge in [0.1, 0.15) is 33.5 Å². The Balaban J connectivity index is 1.72. The molecule has 0 heterocycles. The second kappa shape index (κ2) is 19.9. The van der Waals surface area contributed by atoms with E-state index in [2.05, 4.69) is 43.4 Å². The molecule has 0 bridgehead atoms. The van der Waals surface area contributed by atoms with Crippen molar-refractivity contribution < 1.29 is 86.6 Å². The molecule has 4 aromatic rings. The number of benzene rings is 4. The molecule has 7 N–H and O–H groups in total. The van der Waals surface area contributed by atoms with Crippen molar-refractivity contribution >= 4 is 112 Å². The number of aromatic hydroxyl groups is 1. The van der Waals surface area contributed by atoms with Crippen LogP contribution in [0, 0.1) is 0 Å². The van der Waals surface area contributed by atoms with Gasteiger partial charge in [-0.05, 0) is 60.0 Å². The predicted octanol–water partition coefficient (Wildman–Crippen LogP) is 5.85. The summed E-state index contributed by atoms with van der Waals surface area (Å²) in [5.41, 5.74) is 4.73. The molecule has 0 saturated heterocycles. The summed E-state index contributed by atoms with van der Waals surface area (Å²) >= 11 is 1.42. The van der Waals surface area contributed by atoms with E-state index in [4.69, 9.17) is 29.7 Å². The highest BCUT2D eigenvalue weighted by molar-refractivity contribution is 7.96. The number of ether oxygens (including phenoxy) is 1. The zero-order valence-electron chi connectivity index (χ0n) is 28.1. The first kappa shape index (κ1) is 45.5. The van der Waals surface area contributed by atoms with Gasteiger partial charge in [-0.3, -0.25) is 13.9 Å². The molecule has 0 amide bonds. The SMILES string of the molecule is COc1cc(SOC(=O)CSOOO)ccc1N=Nc1c(SOOO)cc2cc(S(=O)(=O)O)c(N=Nc3ccc(S(=O)(=O)CCOS(=O)(=O)O)cc3)c(N)c2c1O. The molecule has 0 saturated carbocycles. The average Bonchev–Trinajstić information content (AvgIpc) is 3.14. The minimum absolute atomic E-state index is 0.0613. The number of phenolic OH excluding ortho intramolecular Hbond substituents is 1. The Labute approximate surface area is 333 Å². The highest BCUT2D eigenvalue weighted by atomic mass is 32.3. The molecule has 30 heteroatoms. The summed E-state index contributed by atoms with van der Waals surface area (Å²) in [6, 6.07) is 10.8. The van der Waals surface area contributed by atoms with Crippen molar-refractivity contribution in [1.82, 2.24) is 0 Å². The fraction of sp³-hybridized carbons (Fsp3) is 0.148. The number of phenols is 1. The molecule has 308 valence electrons. The molecule has 0 atom stereocenters. The predicted molar refractivity (Wildman–Crippen MR) is 197 cm³/mol. The number of sulfone groups is 1. The molecule has 0 radical (unpaired) electrons. The van der Waals surface area contributed by atoms with Crippen LogP contribution in [0.3, 0.4) is 0 Å². The number of hydrogen-bond acceptors (Lipinski definition) is 25. The first-order valence-electron chi connectivity index (χ1n) is 14.6. The maximum atomic E-state index is 12.5. The number of rotatable bonds is 20. The maximum absolute atomic E-state index is 12.5. The zero-order valence-corrected chi connectivity index (χ0v) is 33.0. The van der Waals surface area contributed by atoms with E-state index in [1.807, 2.05) is 0 Å². The number of hydrogen-bond donors (Lipinski definition) is 6. The van der Waals surface area contributed by atoms with Crippen LogP contribution in [-0.2, 0) is 62.3 Å². The molecule has 0 aromatic heterocycles. The summed E-state index contributed by atoms with van der Waals surface area (Å²) in [5, 5.41) is 50.9. The van der Waals surface area contributed by atoms with Crippen molar-refractivity contribution in [2.24, 2.45) is 20.5 Å². The van der Waals surface area contributed by atoms with Gasteiger partial charge in [0.15, 0.2) is 15.6 Å². The topological polar surface area (TPSA) is 361 Å². The second-order valence-corrected chi connectivity index (χ2v) is 17.0. The molecule has 0 aliphatic carbocycles. The van der Waals surface area contributed by atoms with Crippen molar-refractivity contribution in [3.63, 3.8) is 0 Å². The normalized spacial score (nSPS) is 12.5. The Morgan fingerprint density at radius 2 is 1.53 bits per heavy atom. The van der Waals surface area contributed by atoms with E-state index >= 15 is 0 Å². The number of nitrogens with two attached hydrogens (primary N) is 1. The van der Waals surface area contributed by atoms with Crippen LogP contribution in [0.5, 0.6) is 11.5 Å². The van der Waals surface area contributed by atoms with Crippen molar-refractivity contribution in [3.8, 4) is 11.5 Å². The Hall–Kier alpha value is -4.25. The Morgan fingerprint density at radius 3 is 2.16 bits per heavy atom. The van der Waals surface area contributed by atoms with Crippen LogP contribution >= 0.6 is 36.1 Å². The molecule has 4 aromatic carbocycles. The van der Waals surface area contributed by atoms with Crippen molar-refractivity contribution in [3.05, 3.63) is 54.6 Å². The third-order valence-electron chi connectivity index (χ3n) is 6.69. The lowest BCUT2D eigenvalue weighted by Crippen LogP contribution is -2.15. The Kier molecular flexibility index (Phi) is 15.9. The fourth-order valence-electron chi connectivity index (χ4n) is 4.33. The standard InChI is InChI=1S/C27H25N5O19S6/c1-45-19-12-16(53-47-22(33)13-52-50-48-35)4-7-18(19)30-31-25-20(54-51-49-36)10-14-11-21(56(39,40)41)26(24(28)23(14)27(25)34)32-29-15-2-5-17(6-3-15)55(37,38)9-8-46-57(42,43)44/h2-7,10-12,34-36H,8-9,13,28H2,1H3,(H,39,40,41)(H,42,43,44). The maximum Gasteiger partial charge on any atom is 0.397 e. The molecule has 0 aliphatic rings. The molecule has 0 fully saturated rings. The molecule has 4 rings (SSSR count). The number of nitrogen functional groups attached to an aromatic ring is 1. The Bertz CT molecular complexity index is 2510. The summed E-state index contributed by atoms with van der Waals surface area (Å²) in [5.74, 6) is -2.52. The number of fused-ring (bicyclic) bond motifs is 1. The molecule has 24 nitrogen and oxygen atoms in total. The first-order valence-corrected chi connectivity index (χ1v) is 21.4.